The van der Waals surface area contributed by atoms with Crippen LogP contribution in [0.3, 0.4) is 0 Å². The van der Waals surface area contributed by atoms with E-state index < -0.39 is 0 Å². The molecule has 6 heteroatoms. The van der Waals surface area contributed by atoms with E-state index >= 15 is 0 Å². The van der Waals surface area contributed by atoms with Crippen molar-refractivity contribution in [3.8, 4) is 5.69 Å². The van der Waals surface area contributed by atoms with Gasteiger partial charge in [-0.3, -0.25) is 0 Å². The minimum atomic E-state index is 0. The lowest BCUT2D eigenvalue weighted by atomic mass is 10.0. The van der Waals surface area contributed by atoms with Gasteiger partial charge in [-0.2, -0.15) is 0 Å². The summed E-state index contributed by atoms with van der Waals surface area (Å²) in [5.74, 6) is 1.05. The van der Waals surface area contributed by atoms with Crippen molar-refractivity contribution in [1.29, 1.82) is 0 Å². The lowest BCUT2D eigenvalue weighted by molar-refractivity contribution is -0.608. The van der Waals surface area contributed by atoms with E-state index in [1.54, 1.807) is 0 Å². The summed E-state index contributed by atoms with van der Waals surface area (Å²) in [6, 6.07) is 28.8. The van der Waals surface area contributed by atoms with Crippen molar-refractivity contribution in [2.24, 2.45) is 0 Å². The van der Waals surface area contributed by atoms with Gasteiger partial charge < -0.3 is 22.2 Å². The van der Waals surface area contributed by atoms with Gasteiger partial charge in [-0.25, -0.2) is 0 Å². The first-order valence-corrected chi connectivity index (χ1v) is 14.1. The average molecular weight is 532 g/mol. The molecule has 4 aromatic rings. The first-order valence-electron chi connectivity index (χ1n) is 12.3. The molecule has 0 unspecified atom stereocenters. The highest BCUT2D eigenvalue weighted by Gasteiger charge is 2.30. The molecular weight excluding hydrogens is 502 g/mol. The fraction of sp³-hybridized carbons (Fsp3) is 0.233. The van der Waals surface area contributed by atoms with E-state index in [1.807, 2.05) is 23.5 Å². The summed E-state index contributed by atoms with van der Waals surface area (Å²) in [6.07, 6.45) is 4.82. The van der Waals surface area contributed by atoms with Crippen LogP contribution in [0.15, 0.2) is 93.8 Å². The number of anilines is 1. The van der Waals surface area contributed by atoms with E-state index in [0.717, 1.165) is 18.8 Å². The fourth-order valence-corrected chi connectivity index (χ4v) is 7.43. The topological polar surface area (TPSA) is 10.4 Å². The monoisotopic (exact) mass is 531 g/mol. The Bertz CT molecular complexity index is 1420. The first kappa shape index (κ1) is 25.2. The Morgan fingerprint density at radius 2 is 1.81 bits per heavy atom. The average Bonchev–Trinajstić information content (AvgIpc) is 3.23. The smallest absolute Gasteiger partial charge is 0.247 e. The van der Waals surface area contributed by atoms with Crippen molar-refractivity contribution < 1.29 is 17.0 Å². The zero-order chi connectivity index (χ0) is 23.8. The van der Waals surface area contributed by atoms with E-state index in [9.17, 15) is 0 Å². The Balaban J connectivity index is 0.00000267. The number of halogens is 1. The quantitative estimate of drug-likeness (QED) is 0.278. The molecule has 0 saturated heterocycles. The van der Waals surface area contributed by atoms with Crippen LogP contribution < -0.4 is 21.9 Å². The lowest BCUT2D eigenvalue weighted by Gasteiger charge is -2.27. The van der Waals surface area contributed by atoms with E-state index in [1.165, 1.54) is 61.2 Å². The van der Waals surface area contributed by atoms with Gasteiger partial charge in [0.25, 0.3) is 0 Å². The highest BCUT2D eigenvalue weighted by atomic mass is 35.5. The Hall–Kier alpha value is -2.44. The molecule has 0 radical (unpaired) electrons. The number of hydrogen-bond acceptors (Lipinski definition) is 4. The number of hydrogen-bond donors (Lipinski definition) is 0. The summed E-state index contributed by atoms with van der Waals surface area (Å²) in [5.41, 5.74) is 6.68. The molecular formula is C30H30ClN3S2. The van der Waals surface area contributed by atoms with E-state index in [4.69, 9.17) is 0 Å². The molecule has 3 nitrogen and oxygen atoms in total. The number of fused-ring (bicyclic) bond motifs is 1. The highest BCUT2D eigenvalue weighted by molar-refractivity contribution is 8.04. The van der Waals surface area contributed by atoms with Gasteiger partial charge in [0, 0.05) is 48.0 Å². The molecule has 1 aromatic heterocycles. The standard InChI is InChI=1S/C30H30N3S2.ClH/c1-31(2)18-19-34-29-21-23(20-28-32-17-9-11-22-10-8-16-27(35-28)30(22)32)25-14-6-7-15-26(25)33(29)24-12-4-3-5-13-24;/h3-8,10,12-16,20-21H,9,11,17-19H2,1-2H3;1H/q+1;/p-1. The summed E-state index contributed by atoms with van der Waals surface area (Å²) >= 11 is 3.86. The molecule has 0 saturated carbocycles. The molecule has 0 aliphatic carbocycles. The van der Waals surface area contributed by atoms with Crippen LogP contribution in [0, 0.1) is 0 Å². The van der Waals surface area contributed by atoms with Gasteiger partial charge in [-0.15, -0.1) is 4.57 Å². The van der Waals surface area contributed by atoms with Gasteiger partial charge in [0.15, 0.2) is 0 Å². The number of rotatable bonds is 6. The number of thioether (sulfide) groups is 2. The third-order valence-electron chi connectivity index (χ3n) is 6.70. The molecule has 184 valence electrons. The van der Waals surface area contributed by atoms with Crippen molar-refractivity contribution in [3.05, 3.63) is 95.0 Å². The van der Waals surface area contributed by atoms with E-state index in [-0.39, 0.29) is 12.4 Å². The van der Waals surface area contributed by atoms with Crippen molar-refractivity contribution in [2.45, 2.75) is 22.8 Å². The molecule has 0 bridgehead atoms. The van der Waals surface area contributed by atoms with Gasteiger partial charge in [0.1, 0.15) is 0 Å². The second-order valence-corrected chi connectivity index (χ2v) is 11.6. The molecule has 36 heavy (non-hydrogen) atoms. The van der Waals surface area contributed by atoms with E-state index in [0.29, 0.717) is 0 Å². The molecule has 3 aromatic carbocycles. The minimum Gasteiger partial charge on any atom is -1.00 e. The Labute approximate surface area is 228 Å². The number of nitrogens with zero attached hydrogens (tertiary/aromatic N) is 3. The maximum atomic E-state index is 2.55. The van der Waals surface area contributed by atoms with Crippen LogP contribution in [-0.2, 0) is 6.42 Å². The van der Waals surface area contributed by atoms with Crippen molar-refractivity contribution >= 4 is 46.2 Å². The first-order chi connectivity index (χ1) is 17.2. The fourth-order valence-electron chi connectivity index (χ4n) is 5.03. The number of aromatic nitrogens is 1. The van der Waals surface area contributed by atoms with Crippen LogP contribution in [0.1, 0.15) is 17.5 Å². The Kier molecular flexibility index (Phi) is 7.63. The summed E-state index contributed by atoms with van der Waals surface area (Å²) in [6.45, 7) is 2.15. The third kappa shape index (κ3) is 4.78. The van der Waals surface area contributed by atoms with Crippen molar-refractivity contribution in [2.75, 3.05) is 37.8 Å². The van der Waals surface area contributed by atoms with Gasteiger partial charge in [0.2, 0.25) is 16.2 Å². The van der Waals surface area contributed by atoms with Crippen LogP contribution in [0.5, 0.6) is 0 Å². The maximum Gasteiger partial charge on any atom is 0.247 e. The molecule has 2 aliphatic heterocycles. The zero-order valence-corrected chi connectivity index (χ0v) is 23.0. The number of pyridine rings is 1. The zero-order valence-electron chi connectivity index (χ0n) is 20.7. The van der Waals surface area contributed by atoms with Crippen LogP contribution in [0.2, 0.25) is 0 Å². The second-order valence-electron chi connectivity index (χ2n) is 9.38. The van der Waals surface area contributed by atoms with E-state index in [2.05, 4.69) is 113 Å². The van der Waals surface area contributed by atoms with Crippen LogP contribution in [0.25, 0.3) is 22.7 Å². The molecule has 3 heterocycles. The summed E-state index contributed by atoms with van der Waals surface area (Å²) in [4.78, 5) is 6.20. The maximum absolute atomic E-state index is 2.55. The SMILES string of the molecule is CN(C)CCSc1cc(C=C2Sc3cccc4c3N2CCC4)c2ccccc2[n+]1-c1ccccc1.[Cl-]. The van der Waals surface area contributed by atoms with Crippen LogP contribution >= 0.6 is 23.5 Å². The van der Waals surface area contributed by atoms with Crippen LogP contribution in [-0.4, -0.2) is 37.8 Å². The van der Waals surface area contributed by atoms with Gasteiger partial charge in [-0.1, -0.05) is 66.0 Å². The Morgan fingerprint density at radius 3 is 2.64 bits per heavy atom. The molecule has 0 atom stereocenters. The molecule has 6 rings (SSSR count). The predicted octanol–water partition coefficient (Wildman–Crippen LogP) is 3.63. The van der Waals surface area contributed by atoms with Crippen molar-refractivity contribution in [3.63, 3.8) is 0 Å². The molecule has 0 fully saturated rings. The second kappa shape index (κ2) is 10.9. The van der Waals surface area contributed by atoms with Gasteiger partial charge >= 0.3 is 0 Å². The summed E-state index contributed by atoms with van der Waals surface area (Å²) in [5, 5.41) is 3.91. The Morgan fingerprint density at radius 1 is 1.00 bits per heavy atom. The van der Waals surface area contributed by atoms with Crippen molar-refractivity contribution in [1.82, 2.24) is 4.90 Å². The molecule has 2 aliphatic rings. The summed E-state index contributed by atoms with van der Waals surface area (Å²) < 4.78 is 2.42. The number of benzene rings is 3. The predicted molar refractivity (Wildman–Crippen MR) is 151 cm³/mol. The van der Waals surface area contributed by atoms with Gasteiger partial charge in [-0.05, 0) is 56.3 Å². The molecule has 0 N–H and O–H groups in total. The number of aryl methyl sites for hydroxylation is 1. The number of para-hydroxylation sites is 3. The highest BCUT2D eigenvalue weighted by Crippen LogP contribution is 2.50. The summed E-state index contributed by atoms with van der Waals surface area (Å²) in [7, 11) is 4.29. The minimum absolute atomic E-state index is 0. The largest absolute Gasteiger partial charge is 1.00 e. The molecule has 0 spiro atoms. The van der Waals surface area contributed by atoms with Gasteiger partial charge in [0.05, 0.1) is 16.1 Å². The molecule has 0 amide bonds. The lowest BCUT2D eigenvalue weighted by Crippen LogP contribution is -3.00. The third-order valence-corrected chi connectivity index (χ3v) is 8.78. The normalized spacial score (nSPS) is 15.4. The van der Waals surface area contributed by atoms with Crippen LogP contribution in [0.4, 0.5) is 5.69 Å².